The first-order valence-corrected chi connectivity index (χ1v) is 4.48. The van der Waals surface area contributed by atoms with Gasteiger partial charge in [-0.1, -0.05) is 32.0 Å². The molecule has 0 radical (unpaired) electrons. The molecule has 0 aliphatic carbocycles. The Morgan fingerprint density at radius 2 is 1.25 bits per heavy atom. The third-order valence-corrected chi connectivity index (χ3v) is 1.53. The fraction of sp³-hybridized carbons (Fsp3) is 0.455. The number of quaternary nitrogens is 1. The Hall–Kier alpha value is -0.820. The average Bonchev–Trinajstić information content (AvgIpc) is 2.08. The van der Waals surface area contributed by atoms with Crippen LogP contribution < -0.4 is 4.48 Å². The molecule has 1 heteroatoms. The highest BCUT2D eigenvalue weighted by molar-refractivity contribution is 5.40. The number of hydrogen-bond acceptors (Lipinski definition) is 0. The van der Waals surface area contributed by atoms with E-state index in [-0.39, 0.29) is 0 Å². The van der Waals surface area contributed by atoms with Gasteiger partial charge in [0.15, 0.2) is 0 Å². The third kappa shape index (κ3) is 3.54. The first kappa shape index (κ1) is 11.2. The molecule has 0 spiro atoms. The SMILES string of the molecule is CC.C[N+](C)(C)c1ccccc1. The van der Waals surface area contributed by atoms with E-state index in [9.17, 15) is 0 Å². The standard InChI is InChI=1S/C9H14N.C2H6/c1-10(2,3)9-7-5-4-6-8-9;1-2/h4-8H,1-3H3;1-2H3/q+1;. The van der Waals surface area contributed by atoms with Gasteiger partial charge in [-0.25, -0.2) is 0 Å². The summed E-state index contributed by atoms with van der Waals surface area (Å²) in [5.74, 6) is 0. The highest BCUT2D eigenvalue weighted by atomic mass is 15.3. The highest BCUT2D eigenvalue weighted by Crippen LogP contribution is 2.14. The van der Waals surface area contributed by atoms with Crippen LogP contribution in [0, 0.1) is 0 Å². The molecule has 12 heavy (non-hydrogen) atoms. The minimum absolute atomic E-state index is 0.890. The number of benzene rings is 1. The lowest BCUT2D eigenvalue weighted by atomic mass is 10.3. The quantitative estimate of drug-likeness (QED) is 0.563. The lowest BCUT2D eigenvalue weighted by molar-refractivity contribution is 0.486. The maximum atomic E-state index is 2.16. The van der Waals surface area contributed by atoms with Crippen molar-refractivity contribution in [3.63, 3.8) is 0 Å². The molecular formula is C11H20N+. The zero-order chi connectivity index (χ0) is 9.61. The van der Waals surface area contributed by atoms with Crippen LogP contribution in [0.2, 0.25) is 0 Å². The number of nitrogens with zero attached hydrogens (tertiary/aromatic N) is 1. The molecule has 0 saturated carbocycles. The van der Waals surface area contributed by atoms with Gasteiger partial charge in [-0.15, -0.1) is 0 Å². The Kier molecular flexibility index (Phi) is 4.60. The summed E-state index contributed by atoms with van der Waals surface area (Å²) in [4.78, 5) is 0. The Balaban J connectivity index is 0.000000561. The average molecular weight is 166 g/mol. The second-order valence-corrected chi connectivity index (χ2v) is 3.35. The molecule has 68 valence electrons. The van der Waals surface area contributed by atoms with Gasteiger partial charge in [0, 0.05) is 0 Å². The zero-order valence-electron chi connectivity index (χ0n) is 8.83. The molecule has 1 rings (SSSR count). The summed E-state index contributed by atoms with van der Waals surface area (Å²) in [6, 6.07) is 10.5. The van der Waals surface area contributed by atoms with Crippen molar-refractivity contribution in [1.82, 2.24) is 4.48 Å². The first-order valence-electron chi connectivity index (χ1n) is 4.48. The van der Waals surface area contributed by atoms with E-state index >= 15 is 0 Å². The second kappa shape index (κ2) is 4.94. The van der Waals surface area contributed by atoms with Gasteiger partial charge in [0.1, 0.15) is 5.69 Å². The Labute approximate surface area is 76.2 Å². The van der Waals surface area contributed by atoms with Crippen LogP contribution in [0.25, 0.3) is 0 Å². The monoisotopic (exact) mass is 166 g/mol. The topological polar surface area (TPSA) is 0 Å². The Morgan fingerprint density at radius 1 is 0.833 bits per heavy atom. The van der Waals surface area contributed by atoms with Gasteiger partial charge >= 0.3 is 0 Å². The minimum Gasteiger partial charge on any atom is -0.298 e. The molecule has 0 N–H and O–H groups in total. The largest absolute Gasteiger partial charge is 0.298 e. The van der Waals surface area contributed by atoms with Crippen LogP contribution in [0.1, 0.15) is 13.8 Å². The molecule has 0 heterocycles. The van der Waals surface area contributed by atoms with E-state index in [1.165, 1.54) is 5.69 Å². The van der Waals surface area contributed by atoms with Crippen molar-refractivity contribution < 1.29 is 0 Å². The summed E-state index contributed by atoms with van der Waals surface area (Å²) in [6.07, 6.45) is 0. The predicted molar refractivity (Wildman–Crippen MR) is 57.4 cm³/mol. The number of hydrogen-bond donors (Lipinski definition) is 0. The zero-order valence-corrected chi connectivity index (χ0v) is 8.83. The van der Waals surface area contributed by atoms with E-state index in [0.717, 1.165) is 4.48 Å². The van der Waals surface area contributed by atoms with Crippen molar-refractivity contribution in [3.05, 3.63) is 30.3 Å². The fourth-order valence-electron chi connectivity index (χ4n) is 0.875. The van der Waals surface area contributed by atoms with Crippen molar-refractivity contribution >= 4 is 5.69 Å². The molecule has 0 atom stereocenters. The van der Waals surface area contributed by atoms with Crippen molar-refractivity contribution in [3.8, 4) is 0 Å². The Bertz CT molecular complexity index is 196. The first-order chi connectivity index (χ1) is 5.61. The van der Waals surface area contributed by atoms with Crippen LogP contribution in [-0.4, -0.2) is 21.1 Å². The highest BCUT2D eigenvalue weighted by Gasteiger charge is 2.08. The molecule has 0 fully saturated rings. The van der Waals surface area contributed by atoms with Gasteiger partial charge in [0.2, 0.25) is 0 Å². The van der Waals surface area contributed by atoms with E-state index in [4.69, 9.17) is 0 Å². The van der Waals surface area contributed by atoms with Crippen LogP contribution in [0.4, 0.5) is 5.69 Å². The maximum Gasteiger partial charge on any atom is 0.132 e. The lowest BCUT2D eigenvalue weighted by Gasteiger charge is -2.22. The lowest BCUT2D eigenvalue weighted by Crippen LogP contribution is -2.34. The third-order valence-electron chi connectivity index (χ3n) is 1.53. The van der Waals surface area contributed by atoms with Gasteiger partial charge in [0.25, 0.3) is 0 Å². The summed E-state index contributed by atoms with van der Waals surface area (Å²) >= 11 is 0. The van der Waals surface area contributed by atoms with Gasteiger partial charge in [-0.3, -0.25) is 4.48 Å². The predicted octanol–water partition coefficient (Wildman–Crippen LogP) is 2.91. The van der Waals surface area contributed by atoms with Crippen molar-refractivity contribution in [2.45, 2.75) is 13.8 Å². The normalized spacial score (nSPS) is 10.1. The molecule has 0 aliphatic rings. The minimum atomic E-state index is 0.890. The van der Waals surface area contributed by atoms with E-state index in [1.807, 2.05) is 19.9 Å². The summed E-state index contributed by atoms with van der Waals surface area (Å²) < 4.78 is 0.890. The molecular weight excluding hydrogens is 146 g/mol. The molecule has 0 bridgehead atoms. The summed E-state index contributed by atoms with van der Waals surface area (Å²) in [6.45, 7) is 4.00. The maximum absolute atomic E-state index is 2.16. The van der Waals surface area contributed by atoms with Gasteiger partial charge in [-0.2, -0.15) is 0 Å². The van der Waals surface area contributed by atoms with Crippen molar-refractivity contribution in [1.29, 1.82) is 0 Å². The van der Waals surface area contributed by atoms with Crippen LogP contribution in [0.5, 0.6) is 0 Å². The second-order valence-electron chi connectivity index (χ2n) is 3.35. The molecule has 0 unspecified atom stereocenters. The van der Waals surface area contributed by atoms with Crippen molar-refractivity contribution in [2.75, 3.05) is 21.1 Å². The molecule has 0 aromatic heterocycles. The fourth-order valence-corrected chi connectivity index (χ4v) is 0.875. The van der Waals surface area contributed by atoms with Gasteiger partial charge in [-0.05, 0) is 12.1 Å². The number of rotatable bonds is 1. The number of para-hydroxylation sites is 1. The molecule has 0 saturated heterocycles. The summed E-state index contributed by atoms with van der Waals surface area (Å²) in [7, 11) is 6.49. The molecule has 0 aliphatic heterocycles. The molecule has 1 aromatic rings. The Morgan fingerprint density at radius 3 is 1.50 bits per heavy atom. The van der Waals surface area contributed by atoms with E-state index in [0.29, 0.717) is 0 Å². The molecule has 1 aromatic carbocycles. The van der Waals surface area contributed by atoms with Crippen LogP contribution in [0.3, 0.4) is 0 Å². The smallest absolute Gasteiger partial charge is 0.132 e. The van der Waals surface area contributed by atoms with Gasteiger partial charge < -0.3 is 0 Å². The van der Waals surface area contributed by atoms with Crippen LogP contribution in [0.15, 0.2) is 30.3 Å². The molecule has 1 nitrogen and oxygen atoms in total. The summed E-state index contributed by atoms with van der Waals surface area (Å²) in [5, 5.41) is 0. The van der Waals surface area contributed by atoms with Crippen molar-refractivity contribution in [2.24, 2.45) is 0 Å². The van der Waals surface area contributed by atoms with Crippen LogP contribution >= 0.6 is 0 Å². The van der Waals surface area contributed by atoms with Crippen LogP contribution in [-0.2, 0) is 0 Å². The van der Waals surface area contributed by atoms with E-state index in [1.54, 1.807) is 0 Å². The van der Waals surface area contributed by atoms with E-state index in [2.05, 4.69) is 45.4 Å². The van der Waals surface area contributed by atoms with E-state index < -0.39 is 0 Å². The van der Waals surface area contributed by atoms with Gasteiger partial charge in [0.05, 0.1) is 21.1 Å². The summed E-state index contributed by atoms with van der Waals surface area (Å²) in [5.41, 5.74) is 1.34. The molecule has 0 amide bonds.